The van der Waals surface area contributed by atoms with Crippen molar-refractivity contribution < 1.29 is 40.6 Å². The molecule has 0 saturated carbocycles. The van der Waals surface area contributed by atoms with Crippen molar-refractivity contribution in [3.8, 4) is 5.75 Å². The van der Waals surface area contributed by atoms with Crippen molar-refractivity contribution in [2.75, 3.05) is 0 Å². The van der Waals surface area contributed by atoms with Crippen LogP contribution in [0.1, 0.15) is 27.2 Å². The highest BCUT2D eigenvalue weighted by molar-refractivity contribution is 8.56. The van der Waals surface area contributed by atoms with Gasteiger partial charge in [-0.05, 0) is 32.4 Å². The molecule has 0 fully saturated rings. The Hall–Kier alpha value is -2.10. The second-order valence-electron chi connectivity index (χ2n) is 6.40. The molecule has 0 saturated heterocycles. The Morgan fingerprint density at radius 2 is 1.52 bits per heavy atom. The van der Waals surface area contributed by atoms with Crippen molar-refractivity contribution in [3.05, 3.63) is 59.4 Å². The number of benzene rings is 2. The van der Waals surface area contributed by atoms with Gasteiger partial charge in [-0.15, -0.1) is 0 Å². The third-order valence-corrected chi connectivity index (χ3v) is 7.69. The van der Waals surface area contributed by atoms with Crippen LogP contribution in [0.4, 0.5) is 22.0 Å². The molecule has 0 aliphatic heterocycles. The topological polar surface area (TPSA) is 64.6 Å². The maximum atomic E-state index is 14.1. The second-order valence-corrected chi connectivity index (χ2v) is 10.4. The zero-order valence-electron chi connectivity index (χ0n) is 16.6. The Bertz CT molecular complexity index is 966. The first-order valence-electron chi connectivity index (χ1n) is 9.03. The first-order chi connectivity index (χ1) is 14.5. The number of hydrogen-bond acceptors (Lipinski definition) is 5. The molecule has 170 valence electrons. The van der Waals surface area contributed by atoms with Gasteiger partial charge in [0.15, 0.2) is 23.3 Å². The highest BCUT2D eigenvalue weighted by Gasteiger charge is 2.37. The average Bonchev–Trinajstić information content (AvgIpc) is 2.74. The zero-order valence-corrected chi connectivity index (χ0v) is 18.3. The van der Waals surface area contributed by atoms with E-state index in [0.29, 0.717) is 6.42 Å². The van der Waals surface area contributed by atoms with Gasteiger partial charge >= 0.3 is 12.7 Å². The number of para-hydroxylation sites is 1. The number of carbonyl (C=O) groups is 1. The number of esters is 1. The summed E-state index contributed by atoms with van der Waals surface area (Å²) in [6.45, 7) is 0.133. The monoisotopic (exact) mass is 483 g/mol. The Kier molecular flexibility index (Phi) is 8.50. The summed E-state index contributed by atoms with van der Waals surface area (Å²) >= 11 is -0.236. The number of ether oxygens (including phenoxy) is 1. The minimum atomic E-state index is -4.50. The van der Waals surface area contributed by atoms with E-state index < -0.39 is 58.8 Å². The second kappa shape index (κ2) is 10.5. The van der Waals surface area contributed by atoms with Crippen LogP contribution in [0.15, 0.2) is 35.2 Å². The van der Waals surface area contributed by atoms with Crippen LogP contribution < -0.4 is 9.61 Å². The van der Waals surface area contributed by atoms with Gasteiger partial charge in [0.1, 0.15) is 11.8 Å². The molecule has 0 bridgehead atoms. The molecule has 0 aliphatic carbocycles. The summed E-state index contributed by atoms with van der Waals surface area (Å²) in [7, 11) is 0. The van der Waals surface area contributed by atoms with Crippen LogP contribution in [0, 0.1) is 29.1 Å². The molecule has 0 unspecified atom stereocenters. The van der Waals surface area contributed by atoms with Crippen LogP contribution in [0.5, 0.6) is 5.75 Å². The predicted molar refractivity (Wildman–Crippen MR) is 105 cm³/mol. The Morgan fingerprint density at radius 3 is 2.03 bits per heavy atom. The molecular weight excluding hydrogens is 464 g/mol. The number of halogens is 5. The van der Waals surface area contributed by atoms with Crippen molar-refractivity contribution in [1.29, 1.82) is 0 Å². The fourth-order valence-electron chi connectivity index (χ4n) is 2.15. The van der Waals surface area contributed by atoms with Crippen molar-refractivity contribution in [2.24, 2.45) is 0 Å². The first-order valence-corrected chi connectivity index (χ1v) is 12.1. The van der Waals surface area contributed by atoms with Gasteiger partial charge in [-0.2, -0.15) is 0 Å². The molecule has 2 aromatic carbocycles. The zero-order chi connectivity index (χ0) is 23.3. The Labute approximate surface area is 179 Å². The lowest BCUT2D eigenvalue weighted by Gasteiger charge is -2.24. The fraction of sp³-hybridized carbons (Fsp3) is 0.316. The molecule has 0 radical (unpaired) electrons. The lowest BCUT2D eigenvalue weighted by atomic mass is 10.3. The van der Waals surface area contributed by atoms with Gasteiger partial charge in [0.25, 0.3) is 0 Å². The molecule has 2 rings (SSSR count). The van der Waals surface area contributed by atoms with E-state index in [1.807, 2.05) is 0 Å². The van der Waals surface area contributed by atoms with E-state index >= 15 is 0 Å². The van der Waals surface area contributed by atoms with Gasteiger partial charge in [0.2, 0.25) is 5.82 Å². The van der Waals surface area contributed by atoms with Crippen molar-refractivity contribution >= 4 is 24.1 Å². The van der Waals surface area contributed by atoms with Crippen molar-refractivity contribution in [3.63, 3.8) is 0 Å². The van der Waals surface area contributed by atoms with Crippen molar-refractivity contribution in [1.82, 2.24) is 5.09 Å². The molecule has 0 amide bonds. The highest BCUT2D eigenvalue weighted by atomic mass is 32.7. The predicted octanol–water partition coefficient (Wildman–Crippen LogP) is 5.98. The van der Waals surface area contributed by atoms with E-state index in [9.17, 15) is 31.3 Å². The van der Waals surface area contributed by atoms with Gasteiger partial charge in [-0.25, -0.2) is 31.6 Å². The van der Waals surface area contributed by atoms with Crippen molar-refractivity contribution in [2.45, 2.75) is 44.2 Å². The van der Waals surface area contributed by atoms with Gasteiger partial charge in [0.05, 0.1) is 11.0 Å². The quantitative estimate of drug-likeness (QED) is 0.156. The molecule has 0 aliphatic rings. The maximum absolute atomic E-state index is 14.1. The smallest absolute Gasteiger partial charge is 0.379 e. The number of hydrogen-bond donors (Lipinski definition) is 1. The van der Waals surface area contributed by atoms with E-state index in [1.54, 1.807) is 19.9 Å². The average molecular weight is 483 g/mol. The highest BCUT2D eigenvalue weighted by Crippen LogP contribution is 2.60. The molecule has 2 aromatic rings. The largest absolute Gasteiger partial charge is 0.462 e. The normalized spacial score (nSPS) is 15.1. The van der Waals surface area contributed by atoms with E-state index in [-0.39, 0.29) is 17.1 Å². The van der Waals surface area contributed by atoms with Gasteiger partial charge < -0.3 is 9.26 Å². The summed E-state index contributed by atoms with van der Waals surface area (Å²) in [5.41, 5.74) is 0. The maximum Gasteiger partial charge on any atom is 0.379 e. The van der Waals surface area contributed by atoms with Crippen LogP contribution in [-0.4, -0.2) is 18.1 Å². The van der Waals surface area contributed by atoms with Crippen LogP contribution in [0.25, 0.3) is 0 Å². The summed E-state index contributed by atoms with van der Waals surface area (Å²) in [6.07, 6.45) is 0.0321. The standard InChI is InChI=1S/C19H19F5NO4PS/c1-4-10(2)28-19(26)11(3)25-30(27,29-12-8-6-5-7-9-12)31-18-16(23)14(21)13(20)15(22)17(18)24/h5-11H,4H2,1-3H3,(H,25,27)/t10-,11-,30+/m0/s1. The Balaban J connectivity index is 2.42. The molecule has 0 spiro atoms. The lowest BCUT2D eigenvalue weighted by molar-refractivity contribution is -0.149. The van der Waals surface area contributed by atoms with E-state index in [2.05, 4.69) is 5.09 Å². The Morgan fingerprint density at radius 1 is 1.00 bits per heavy atom. The molecule has 1 N–H and O–H groups in total. The summed E-state index contributed by atoms with van der Waals surface area (Å²) in [5, 5.41) is 2.28. The molecule has 3 atom stereocenters. The van der Waals surface area contributed by atoms with Crippen LogP contribution in [0.2, 0.25) is 0 Å². The number of nitrogens with one attached hydrogen (secondary N) is 1. The summed E-state index contributed by atoms with van der Waals surface area (Å²) in [6, 6.07) is 6.03. The van der Waals surface area contributed by atoms with Gasteiger partial charge in [-0.1, -0.05) is 25.1 Å². The summed E-state index contributed by atoms with van der Waals surface area (Å²) in [4.78, 5) is 10.8. The molecule has 31 heavy (non-hydrogen) atoms. The van der Waals surface area contributed by atoms with Crippen LogP contribution in [0.3, 0.4) is 0 Å². The first kappa shape index (κ1) is 25.2. The lowest BCUT2D eigenvalue weighted by Crippen LogP contribution is -2.35. The molecule has 5 nitrogen and oxygen atoms in total. The van der Waals surface area contributed by atoms with E-state index in [1.165, 1.54) is 31.2 Å². The van der Waals surface area contributed by atoms with Gasteiger partial charge in [-0.3, -0.25) is 4.79 Å². The number of carbonyl (C=O) groups excluding carboxylic acids is 1. The molecule has 12 heteroatoms. The molecule has 0 aromatic heterocycles. The molecule has 0 heterocycles. The van der Waals surface area contributed by atoms with Crippen LogP contribution in [-0.2, 0) is 14.1 Å². The minimum absolute atomic E-state index is 0.0304. The van der Waals surface area contributed by atoms with E-state index in [4.69, 9.17) is 9.26 Å². The third-order valence-electron chi connectivity index (χ3n) is 3.95. The van der Waals surface area contributed by atoms with Gasteiger partial charge in [0, 0.05) is 11.4 Å². The van der Waals surface area contributed by atoms with E-state index in [0.717, 1.165) is 0 Å². The van der Waals surface area contributed by atoms with Crippen LogP contribution >= 0.6 is 18.1 Å². The fourth-order valence-corrected chi connectivity index (χ4v) is 6.06. The summed E-state index contributed by atoms with van der Waals surface area (Å²) < 4.78 is 92.6. The SMILES string of the molecule is CC[C@H](C)OC(=O)[C@H](C)N[P@@](=O)(Oc1ccccc1)Sc1c(F)c(F)c(F)c(F)c1F. The third kappa shape index (κ3) is 6.21. The number of rotatable bonds is 9. The summed E-state index contributed by atoms with van der Waals surface area (Å²) in [5.74, 6) is -12.0. The molecular formula is C19H19F5NO4PS. The minimum Gasteiger partial charge on any atom is -0.462 e.